The van der Waals surface area contributed by atoms with Crippen molar-refractivity contribution < 1.29 is 13.2 Å². The van der Waals surface area contributed by atoms with Gasteiger partial charge in [-0.05, 0) is 44.2 Å². The molecule has 0 aliphatic heterocycles. The van der Waals surface area contributed by atoms with Crippen molar-refractivity contribution in [3.63, 3.8) is 0 Å². The summed E-state index contributed by atoms with van der Waals surface area (Å²) in [5, 5.41) is 3.05. The Hall–Kier alpha value is -3.14. The molecule has 0 saturated heterocycles. The van der Waals surface area contributed by atoms with Gasteiger partial charge in [-0.1, -0.05) is 17.7 Å². The molecule has 0 atom stereocenters. The zero-order valence-corrected chi connectivity index (χ0v) is 16.7. The summed E-state index contributed by atoms with van der Waals surface area (Å²) >= 11 is 5.83. The smallest absolute Gasteiger partial charge is 0.325 e. The fourth-order valence-electron chi connectivity index (χ4n) is 2.75. The molecule has 0 bridgehead atoms. The van der Waals surface area contributed by atoms with Crippen molar-refractivity contribution >= 4 is 23.2 Å². The molecule has 158 valence electrons. The molecule has 0 fully saturated rings. The third-order valence-corrected chi connectivity index (χ3v) is 4.40. The second-order valence-corrected chi connectivity index (χ2v) is 7.16. The van der Waals surface area contributed by atoms with Gasteiger partial charge >= 0.3 is 17.6 Å². The molecule has 11 heteroatoms. The minimum absolute atomic E-state index is 0.0243. The first-order chi connectivity index (χ1) is 14.1. The van der Waals surface area contributed by atoms with Gasteiger partial charge in [-0.25, -0.2) is 14.2 Å². The Morgan fingerprint density at radius 3 is 2.50 bits per heavy atom. The zero-order valence-electron chi connectivity index (χ0n) is 15.9. The molecule has 0 spiro atoms. The molecular formula is C19H17ClF3N5O2. The molecule has 0 radical (unpaired) electrons. The van der Waals surface area contributed by atoms with Crippen LogP contribution in [0.25, 0.3) is 0 Å². The first-order valence-electron chi connectivity index (χ1n) is 8.84. The lowest BCUT2D eigenvalue weighted by Gasteiger charge is -2.17. The second kappa shape index (κ2) is 8.31. The topological polar surface area (TPSA) is 81.8 Å². The van der Waals surface area contributed by atoms with E-state index in [9.17, 15) is 22.8 Å². The van der Waals surface area contributed by atoms with E-state index >= 15 is 0 Å². The summed E-state index contributed by atoms with van der Waals surface area (Å²) in [6.07, 6.45) is -3.15. The van der Waals surface area contributed by atoms with E-state index in [0.717, 1.165) is 21.3 Å². The number of pyridine rings is 1. The van der Waals surface area contributed by atoms with E-state index in [1.165, 1.54) is 18.3 Å². The fourth-order valence-corrected chi connectivity index (χ4v) is 2.86. The van der Waals surface area contributed by atoms with Crippen molar-refractivity contribution in [1.29, 1.82) is 0 Å². The lowest BCUT2D eigenvalue weighted by Crippen LogP contribution is -2.43. The van der Waals surface area contributed by atoms with Crippen molar-refractivity contribution in [3.05, 3.63) is 79.8 Å². The molecule has 2 heterocycles. The number of nitrogens with zero attached hydrogens (tertiary/aromatic N) is 4. The van der Waals surface area contributed by atoms with Crippen LogP contribution in [0.2, 0.25) is 5.02 Å². The van der Waals surface area contributed by atoms with Crippen LogP contribution in [-0.2, 0) is 12.7 Å². The van der Waals surface area contributed by atoms with Crippen LogP contribution >= 0.6 is 11.6 Å². The van der Waals surface area contributed by atoms with E-state index in [0.29, 0.717) is 10.7 Å². The van der Waals surface area contributed by atoms with Crippen molar-refractivity contribution in [2.24, 2.45) is 0 Å². The molecule has 0 aliphatic carbocycles. The highest BCUT2D eigenvalue weighted by molar-refractivity contribution is 6.30. The van der Waals surface area contributed by atoms with Gasteiger partial charge in [0.1, 0.15) is 0 Å². The molecule has 0 saturated carbocycles. The van der Waals surface area contributed by atoms with Gasteiger partial charge in [-0.15, -0.1) is 0 Å². The largest absolute Gasteiger partial charge is 0.416 e. The SMILES string of the molecule is CC(C)n1c(=O)nc(Nc2cccc(C(F)(F)F)c2)n(Cc2ccc(Cl)cn2)c1=O. The Balaban J connectivity index is 2.10. The highest BCUT2D eigenvalue weighted by atomic mass is 35.5. The van der Waals surface area contributed by atoms with Crippen LogP contribution in [-0.4, -0.2) is 19.1 Å². The maximum atomic E-state index is 13.0. The maximum absolute atomic E-state index is 13.0. The first kappa shape index (κ1) is 21.6. The van der Waals surface area contributed by atoms with Crippen LogP contribution in [0, 0.1) is 0 Å². The van der Waals surface area contributed by atoms with Gasteiger partial charge in [-0.2, -0.15) is 18.2 Å². The number of alkyl halides is 3. The molecule has 2 aromatic heterocycles. The van der Waals surface area contributed by atoms with Crippen LogP contribution in [0.1, 0.15) is 31.1 Å². The standard InChI is InChI=1S/C19H17ClF3N5O2/c1-11(2)28-17(29)26-16(25-14-5-3-4-12(8-14)19(21,22)23)27(18(28)30)10-15-7-6-13(20)9-24-15/h3-9,11H,10H2,1-2H3,(H,25,26,29). The van der Waals surface area contributed by atoms with E-state index in [4.69, 9.17) is 11.6 Å². The summed E-state index contributed by atoms with van der Waals surface area (Å²) in [5.74, 6) is -0.196. The van der Waals surface area contributed by atoms with Gasteiger partial charge < -0.3 is 5.32 Å². The lowest BCUT2D eigenvalue weighted by atomic mass is 10.2. The number of aromatic nitrogens is 4. The van der Waals surface area contributed by atoms with Gasteiger partial charge in [0.2, 0.25) is 5.95 Å². The molecule has 1 aromatic carbocycles. The third-order valence-electron chi connectivity index (χ3n) is 4.17. The predicted molar refractivity (Wildman–Crippen MR) is 106 cm³/mol. The molecular weight excluding hydrogens is 423 g/mol. The van der Waals surface area contributed by atoms with E-state index in [2.05, 4.69) is 15.3 Å². The number of halogens is 4. The normalized spacial score (nSPS) is 11.7. The van der Waals surface area contributed by atoms with Crippen LogP contribution in [0.5, 0.6) is 0 Å². The monoisotopic (exact) mass is 439 g/mol. The second-order valence-electron chi connectivity index (χ2n) is 6.72. The quantitative estimate of drug-likeness (QED) is 0.653. The van der Waals surface area contributed by atoms with E-state index in [-0.39, 0.29) is 18.2 Å². The van der Waals surface area contributed by atoms with Crippen molar-refractivity contribution in [2.45, 2.75) is 32.6 Å². The summed E-state index contributed by atoms with van der Waals surface area (Å²) in [7, 11) is 0. The van der Waals surface area contributed by atoms with Crippen LogP contribution < -0.4 is 16.7 Å². The average Bonchev–Trinajstić information content (AvgIpc) is 2.65. The van der Waals surface area contributed by atoms with E-state index < -0.39 is 29.2 Å². The molecule has 3 aromatic rings. The molecule has 3 rings (SSSR count). The first-order valence-corrected chi connectivity index (χ1v) is 9.22. The maximum Gasteiger partial charge on any atom is 0.416 e. The Morgan fingerprint density at radius 2 is 1.90 bits per heavy atom. The average molecular weight is 440 g/mol. The number of anilines is 2. The van der Waals surface area contributed by atoms with Crippen LogP contribution in [0.3, 0.4) is 0 Å². The summed E-state index contributed by atoms with van der Waals surface area (Å²) in [6, 6.07) is 7.08. The summed E-state index contributed by atoms with van der Waals surface area (Å²) in [4.78, 5) is 33.3. The summed E-state index contributed by atoms with van der Waals surface area (Å²) in [6.45, 7) is 3.22. The molecule has 1 N–H and O–H groups in total. The minimum Gasteiger partial charge on any atom is -0.325 e. The molecule has 30 heavy (non-hydrogen) atoms. The zero-order chi connectivity index (χ0) is 22.1. The third kappa shape index (κ3) is 4.70. The Morgan fingerprint density at radius 1 is 1.17 bits per heavy atom. The summed E-state index contributed by atoms with van der Waals surface area (Å²) < 4.78 is 41.1. The van der Waals surface area contributed by atoms with Crippen molar-refractivity contribution in [3.8, 4) is 0 Å². The fraction of sp³-hybridized carbons (Fsp3) is 0.263. The van der Waals surface area contributed by atoms with Crippen LogP contribution in [0.15, 0.2) is 52.2 Å². The predicted octanol–water partition coefficient (Wildman–Crippen LogP) is 3.85. The van der Waals surface area contributed by atoms with Crippen molar-refractivity contribution in [2.75, 3.05) is 5.32 Å². The Bertz CT molecular complexity index is 1170. The number of hydrogen-bond acceptors (Lipinski definition) is 5. The van der Waals surface area contributed by atoms with E-state index in [1.807, 2.05) is 0 Å². The number of nitrogens with one attached hydrogen (secondary N) is 1. The van der Waals surface area contributed by atoms with E-state index in [1.54, 1.807) is 26.0 Å². The molecule has 0 unspecified atom stereocenters. The summed E-state index contributed by atoms with van der Waals surface area (Å²) in [5.41, 5.74) is -1.89. The number of rotatable bonds is 5. The Labute approximate surface area is 173 Å². The highest BCUT2D eigenvalue weighted by Crippen LogP contribution is 2.31. The minimum atomic E-state index is -4.54. The van der Waals surface area contributed by atoms with Gasteiger partial charge in [-0.3, -0.25) is 9.55 Å². The van der Waals surface area contributed by atoms with Gasteiger partial charge in [0.05, 0.1) is 22.8 Å². The Kier molecular flexibility index (Phi) is 5.97. The number of benzene rings is 1. The van der Waals surface area contributed by atoms with Crippen LogP contribution in [0.4, 0.5) is 24.8 Å². The molecule has 0 amide bonds. The lowest BCUT2D eigenvalue weighted by molar-refractivity contribution is -0.137. The molecule has 7 nitrogen and oxygen atoms in total. The van der Waals surface area contributed by atoms with Gasteiger partial charge in [0, 0.05) is 17.9 Å². The van der Waals surface area contributed by atoms with Gasteiger partial charge in [0.25, 0.3) is 0 Å². The van der Waals surface area contributed by atoms with Crippen molar-refractivity contribution in [1.82, 2.24) is 19.1 Å². The molecule has 0 aliphatic rings. The number of hydrogen-bond donors (Lipinski definition) is 1. The highest BCUT2D eigenvalue weighted by Gasteiger charge is 2.30. The van der Waals surface area contributed by atoms with Gasteiger partial charge in [0.15, 0.2) is 0 Å².